The largest absolute Gasteiger partial charge is 0.367 e. The quantitative estimate of drug-likeness (QED) is 0.724. The van der Waals surface area contributed by atoms with Crippen molar-refractivity contribution in [2.45, 2.75) is 59.4 Å². The van der Waals surface area contributed by atoms with Crippen LogP contribution in [0.1, 0.15) is 64.2 Å². The van der Waals surface area contributed by atoms with Crippen LogP contribution < -0.4 is 15.5 Å². The summed E-state index contributed by atoms with van der Waals surface area (Å²) in [5, 5.41) is 5.94. The molecule has 1 aromatic rings. The zero-order valence-corrected chi connectivity index (χ0v) is 20.7. The van der Waals surface area contributed by atoms with Crippen molar-refractivity contribution in [2.24, 2.45) is 5.92 Å². The van der Waals surface area contributed by atoms with Gasteiger partial charge in [-0.15, -0.1) is 0 Å². The molecule has 4 amide bonds. The third-order valence-electron chi connectivity index (χ3n) is 6.05. The highest BCUT2D eigenvalue weighted by molar-refractivity contribution is 6.02. The molecule has 8 nitrogen and oxygen atoms in total. The zero-order chi connectivity index (χ0) is 24.2. The number of anilines is 2. The third kappa shape index (κ3) is 6.62. The van der Waals surface area contributed by atoms with Crippen LogP contribution >= 0.6 is 0 Å². The van der Waals surface area contributed by atoms with Gasteiger partial charge in [-0.3, -0.25) is 9.59 Å². The van der Waals surface area contributed by atoms with E-state index in [1.807, 2.05) is 62.6 Å². The van der Waals surface area contributed by atoms with Crippen LogP contribution in [0.2, 0.25) is 0 Å². The monoisotopic (exact) mass is 457 g/mol. The second-order valence-electron chi connectivity index (χ2n) is 10.4. The molecular formula is C25H39N5O3. The molecule has 2 heterocycles. The number of piperazine rings is 1. The van der Waals surface area contributed by atoms with Crippen LogP contribution in [0.5, 0.6) is 0 Å². The minimum Gasteiger partial charge on any atom is -0.367 e. The van der Waals surface area contributed by atoms with Gasteiger partial charge in [0.1, 0.15) is 0 Å². The Labute approximate surface area is 197 Å². The number of piperidine rings is 1. The first-order chi connectivity index (χ1) is 15.5. The molecule has 0 atom stereocenters. The lowest BCUT2D eigenvalue weighted by atomic mass is 10.0. The van der Waals surface area contributed by atoms with Crippen LogP contribution in [0.15, 0.2) is 18.2 Å². The number of hydrogen-bond acceptors (Lipinski definition) is 4. The van der Waals surface area contributed by atoms with Gasteiger partial charge in [0.2, 0.25) is 5.91 Å². The topological polar surface area (TPSA) is 85.0 Å². The van der Waals surface area contributed by atoms with Crippen molar-refractivity contribution in [3.63, 3.8) is 0 Å². The number of nitrogens with zero attached hydrogens (tertiary/aromatic N) is 3. The van der Waals surface area contributed by atoms with E-state index in [9.17, 15) is 14.4 Å². The normalized spacial score (nSPS) is 17.2. The van der Waals surface area contributed by atoms with Crippen molar-refractivity contribution in [1.82, 2.24) is 15.1 Å². The molecule has 0 aliphatic carbocycles. The molecule has 0 aromatic heterocycles. The van der Waals surface area contributed by atoms with E-state index in [4.69, 9.17) is 0 Å². The van der Waals surface area contributed by atoms with Crippen LogP contribution in [-0.4, -0.2) is 72.5 Å². The van der Waals surface area contributed by atoms with Crippen molar-refractivity contribution >= 4 is 29.2 Å². The van der Waals surface area contributed by atoms with Crippen LogP contribution in [0.4, 0.5) is 16.2 Å². The highest BCUT2D eigenvalue weighted by Gasteiger charge is 2.28. The van der Waals surface area contributed by atoms with Crippen molar-refractivity contribution in [3.8, 4) is 0 Å². The summed E-state index contributed by atoms with van der Waals surface area (Å²) < 4.78 is 0. The smallest absolute Gasteiger partial charge is 0.317 e. The molecule has 0 saturated carbocycles. The summed E-state index contributed by atoms with van der Waals surface area (Å²) in [6.45, 7) is 13.6. The second kappa shape index (κ2) is 10.4. The summed E-state index contributed by atoms with van der Waals surface area (Å²) in [7, 11) is 0. The first-order valence-corrected chi connectivity index (χ1v) is 12.1. The Balaban J connectivity index is 1.79. The molecule has 1 aromatic carbocycles. The molecule has 0 spiro atoms. The molecule has 2 saturated heterocycles. The van der Waals surface area contributed by atoms with E-state index in [0.717, 1.165) is 38.0 Å². The van der Waals surface area contributed by atoms with Gasteiger partial charge in [-0.1, -0.05) is 13.8 Å². The summed E-state index contributed by atoms with van der Waals surface area (Å²) in [6, 6.07) is 5.54. The minimum absolute atomic E-state index is 0.0123. The number of likely N-dealkylation sites (tertiary alicyclic amines) is 1. The van der Waals surface area contributed by atoms with E-state index >= 15 is 0 Å². The Morgan fingerprint density at radius 1 is 0.879 bits per heavy atom. The van der Waals surface area contributed by atoms with Gasteiger partial charge in [0, 0.05) is 62.1 Å². The number of carbonyl (C=O) groups excluding carboxylic acids is 3. The molecule has 2 aliphatic rings. The number of amides is 4. The van der Waals surface area contributed by atoms with Crippen LogP contribution in [-0.2, 0) is 4.79 Å². The van der Waals surface area contributed by atoms with Crippen LogP contribution in [0.3, 0.4) is 0 Å². The van der Waals surface area contributed by atoms with Crippen molar-refractivity contribution in [2.75, 3.05) is 49.5 Å². The number of rotatable bonds is 4. The molecule has 0 unspecified atom stereocenters. The van der Waals surface area contributed by atoms with Gasteiger partial charge in [0.25, 0.3) is 5.91 Å². The molecule has 0 bridgehead atoms. The molecule has 0 radical (unpaired) electrons. The highest BCUT2D eigenvalue weighted by Crippen LogP contribution is 2.28. The van der Waals surface area contributed by atoms with Gasteiger partial charge in [-0.2, -0.15) is 0 Å². The van der Waals surface area contributed by atoms with Crippen molar-refractivity contribution in [3.05, 3.63) is 23.8 Å². The van der Waals surface area contributed by atoms with E-state index < -0.39 is 0 Å². The number of hydrogen-bond donors (Lipinski definition) is 2. The predicted octanol–water partition coefficient (Wildman–Crippen LogP) is 3.54. The van der Waals surface area contributed by atoms with Gasteiger partial charge in [0.05, 0.1) is 5.56 Å². The minimum atomic E-state index is -0.279. The van der Waals surface area contributed by atoms with Gasteiger partial charge in [-0.05, 0) is 58.2 Å². The summed E-state index contributed by atoms with van der Waals surface area (Å²) >= 11 is 0. The molecule has 3 rings (SSSR count). The Kier molecular flexibility index (Phi) is 7.87. The van der Waals surface area contributed by atoms with E-state index in [2.05, 4.69) is 15.5 Å². The lowest BCUT2D eigenvalue weighted by Crippen LogP contribution is -2.55. The Hall–Kier alpha value is -2.77. The average Bonchev–Trinajstić information content (AvgIpc) is 2.78. The number of benzene rings is 1. The summed E-state index contributed by atoms with van der Waals surface area (Å²) in [5.74, 6) is -0.200. The molecule has 8 heteroatoms. The van der Waals surface area contributed by atoms with Gasteiger partial charge < -0.3 is 25.3 Å². The maximum absolute atomic E-state index is 13.5. The van der Waals surface area contributed by atoms with E-state index in [1.165, 1.54) is 0 Å². The number of carbonyl (C=O) groups is 3. The fourth-order valence-corrected chi connectivity index (χ4v) is 4.17. The van der Waals surface area contributed by atoms with E-state index in [0.29, 0.717) is 37.4 Å². The molecule has 2 aliphatic heterocycles. The maximum atomic E-state index is 13.5. The standard InChI is InChI=1S/C25H39N5O3/c1-18(2)22(31)26-19-9-10-21(20(17-19)23(32)29-11-7-6-8-12-29)28-13-15-30(16-14-28)24(33)27-25(3,4)5/h9-10,17-18H,6-8,11-16H2,1-5H3,(H,26,31)(H,27,33). The fraction of sp³-hybridized carbons (Fsp3) is 0.640. The van der Waals surface area contributed by atoms with Gasteiger partial charge in [0.15, 0.2) is 0 Å². The molecule has 33 heavy (non-hydrogen) atoms. The molecule has 182 valence electrons. The SMILES string of the molecule is CC(C)C(=O)Nc1ccc(N2CCN(C(=O)NC(C)(C)C)CC2)c(C(=O)N2CCCCC2)c1. The highest BCUT2D eigenvalue weighted by atomic mass is 16.2. The van der Waals surface area contributed by atoms with Crippen molar-refractivity contribution < 1.29 is 14.4 Å². The Morgan fingerprint density at radius 2 is 1.52 bits per heavy atom. The van der Waals surface area contributed by atoms with Crippen LogP contribution in [0.25, 0.3) is 0 Å². The number of urea groups is 1. The summed E-state index contributed by atoms with van der Waals surface area (Å²) in [4.78, 5) is 44.2. The van der Waals surface area contributed by atoms with Gasteiger partial charge in [-0.25, -0.2) is 4.79 Å². The third-order valence-corrected chi connectivity index (χ3v) is 6.05. The molecule has 2 N–H and O–H groups in total. The fourth-order valence-electron chi connectivity index (χ4n) is 4.17. The lowest BCUT2D eigenvalue weighted by molar-refractivity contribution is -0.118. The first kappa shape index (κ1) is 24.9. The molecular weight excluding hydrogens is 418 g/mol. The van der Waals surface area contributed by atoms with E-state index in [1.54, 1.807) is 0 Å². The second-order valence-corrected chi connectivity index (χ2v) is 10.4. The van der Waals surface area contributed by atoms with Crippen molar-refractivity contribution in [1.29, 1.82) is 0 Å². The Bertz CT molecular complexity index is 863. The number of nitrogens with one attached hydrogen (secondary N) is 2. The van der Waals surface area contributed by atoms with E-state index in [-0.39, 0.29) is 29.3 Å². The first-order valence-electron chi connectivity index (χ1n) is 12.1. The Morgan fingerprint density at radius 3 is 2.09 bits per heavy atom. The zero-order valence-electron chi connectivity index (χ0n) is 20.7. The average molecular weight is 458 g/mol. The van der Waals surface area contributed by atoms with Gasteiger partial charge >= 0.3 is 6.03 Å². The molecule has 2 fully saturated rings. The summed E-state index contributed by atoms with van der Waals surface area (Å²) in [6.07, 6.45) is 3.19. The predicted molar refractivity (Wildman–Crippen MR) is 132 cm³/mol. The summed E-state index contributed by atoms with van der Waals surface area (Å²) in [5.41, 5.74) is 1.84. The lowest BCUT2D eigenvalue weighted by Gasteiger charge is -2.38. The van der Waals surface area contributed by atoms with Crippen LogP contribution in [0, 0.1) is 5.92 Å². The maximum Gasteiger partial charge on any atom is 0.317 e.